The van der Waals surface area contributed by atoms with Crippen LogP contribution in [0, 0.1) is 5.82 Å². The lowest BCUT2D eigenvalue weighted by Crippen LogP contribution is -2.26. The monoisotopic (exact) mass is 273 g/mol. The molecule has 0 N–H and O–H groups in total. The molecule has 0 heterocycles. The molecule has 15 heavy (non-hydrogen) atoms. The van der Waals surface area contributed by atoms with E-state index in [2.05, 4.69) is 15.9 Å². The Kier molecular flexibility index (Phi) is 4.75. The topological polar surface area (TPSA) is 20.3 Å². The zero-order valence-electron chi connectivity index (χ0n) is 8.54. The van der Waals surface area contributed by atoms with Crippen molar-refractivity contribution in [2.75, 3.05) is 12.4 Å². The van der Waals surface area contributed by atoms with Gasteiger partial charge in [0.25, 0.3) is 0 Å². The van der Waals surface area contributed by atoms with E-state index < -0.39 is 0 Å². The summed E-state index contributed by atoms with van der Waals surface area (Å²) in [4.78, 5) is 13.1. The van der Waals surface area contributed by atoms with Crippen LogP contribution in [-0.4, -0.2) is 23.2 Å². The zero-order chi connectivity index (χ0) is 11.3. The summed E-state index contributed by atoms with van der Waals surface area (Å²) in [7, 11) is 1.74. The predicted octanol–water partition coefficient (Wildman–Crippen LogP) is 2.57. The van der Waals surface area contributed by atoms with Gasteiger partial charge >= 0.3 is 0 Å². The minimum absolute atomic E-state index is 0.0798. The number of halogens is 2. The van der Waals surface area contributed by atoms with E-state index >= 15 is 0 Å². The number of alkyl halides is 1. The molecule has 0 fully saturated rings. The molecule has 0 saturated heterocycles. The van der Waals surface area contributed by atoms with Gasteiger partial charge in [-0.1, -0.05) is 28.1 Å². The SMILES string of the molecule is CN(Cc1ccc(F)cc1)C(=O)CCBr. The largest absolute Gasteiger partial charge is 0.341 e. The number of hydrogen-bond acceptors (Lipinski definition) is 1. The van der Waals surface area contributed by atoms with Crippen LogP contribution in [0.4, 0.5) is 4.39 Å². The van der Waals surface area contributed by atoms with Gasteiger partial charge in [-0.2, -0.15) is 0 Å². The molecule has 0 saturated carbocycles. The predicted molar refractivity (Wildman–Crippen MR) is 61.3 cm³/mol. The van der Waals surface area contributed by atoms with Gasteiger partial charge in [0.2, 0.25) is 5.91 Å². The number of hydrogen-bond donors (Lipinski definition) is 0. The van der Waals surface area contributed by atoms with Gasteiger partial charge in [0.15, 0.2) is 0 Å². The maximum atomic E-state index is 12.6. The highest BCUT2D eigenvalue weighted by atomic mass is 79.9. The summed E-state index contributed by atoms with van der Waals surface area (Å²) in [5, 5.41) is 0.666. The highest BCUT2D eigenvalue weighted by Gasteiger charge is 2.07. The second kappa shape index (κ2) is 5.85. The molecule has 0 aromatic heterocycles. The van der Waals surface area contributed by atoms with Crippen LogP contribution in [0.5, 0.6) is 0 Å². The highest BCUT2D eigenvalue weighted by Crippen LogP contribution is 2.06. The number of amides is 1. The van der Waals surface area contributed by atoms with E-state index in [1.165, 1.54) is 12.1 Å². The first-order valence-electron chi connectivity index (χ1n) is 4.68. The molecule has 0 unspecified atom stereocenters. The molecule has 0 atom stereocenters. The second-order valence-corrected chi connectivity index (χ2v) is 4.11. The van der Waals surface area contributed by atoms with E-state index in [1.807, 2.05) is 0 Å². The van der Waals surface area contributed by atoms with Crippen molar-refractivity contribution >= 4 is 21.8 Å². The van der Waals surface area contributed by atoms with Crippen molar-refractivity contribution in [3.05, 3.63) is 35.6 Å². The van der Waals surface area contributed by atoms with E-state index in [1.54, 1.807) is 24.1 Å². The summed E-state index contributed by atoms with van der Waals surface area (Å²) in [6.45, 7) is 0.520. The van der Waals surface area contributed by atoms with Gasteiger partial charge in [0, 0.05) is 25.3 Å². The Morgan fingerprint density at radius 1 is 1.40 bits per heavy atom. The Morgan fingerprint density at radius 2 is 2.00 bits per heavy atom. The molecule has 2 nitrogen and oxygen atoms in total. The molecule has 82 valence electrons. The van der Waals surface area contributed by atoms with Crippen molar-refractivity contribution in [2.45, 2.75) is 13.0 Å². The lowest BCUT2D eigenvalue weighted by atomic mass is 10.2. The fourth-order valence-corrected chi connectivity index (χ4v) is 1.56. The maximum Gasteiger partial charge on any atom is 0.223 e. The van der Waals surface area contributed by atoms with Gasteiger partial charge in [-0.15, -0.1) is 0 Å². The first-order chi connectivity index (χ1) is 7.13. The summed E-state index contributed by atoms with van der Waals surface area (Å²) in [6.07, 6.45) is 0.484. The molecular formula is C11H13BrFNO. The number of carbonyl (C=O) groups is 1. The first-order valence-corrected chi connectivity index (χ1v) is 5.80. The van der Waals surface area contributed by atoms with Crippen molar-refractivity contribution in [3.63, 3.8) is 0 Å². The third-order valence-corrected chi connectivity index (χ3v) is 2.46. The van der Waals surface area contributed by atoms with E-state index in [9.17, 15) is 9.18 Å². The van der Waals surface area contributed by atoms with Crippen LogP contribution in [0.3, 0.4) is 0 Å². The van der Waals surface area contributed by atoms with Gasteiger partial charge in [0.05, 0.1) is 0 Å². The Morgan fingerprint density at radius 3 is 2.53 bits per heavy atom. The molecule has 0 aliphatic rings. The Labute approximate surface area is 97.2 Å². The highest BCUT2D eigenvalue weighted by molar-refractivity contribution is 9.09. The summed E-state index contributed by atoms with van der Waals surface area (Å²) in [5.41, 5.74) is 0.932. The normalized spacial score (nSPS) is 10.1. The van der Waals surface area contributed by atoms with Crippen molar-refractivity contribution in [3.8, 4) is 0 Å². The molecule has 1 aromatic rings. The lowest BCUT2D eigenvalue weighted by Gasteiger charge is -2.16. The molecule has 0 aliphatic heterocycles. The molecule has 0 bridgehead atoms. The summed E-state index contributed by atoms with van der Waals surface area (Å²) in [6, 6.07) is 6.18. The first kappa shape index (κ1) is 12.2. The fraction of sp³-hybridized carbons (Fsp3) is 0.364. The van der Waals surface area contributed by atoms with E-state index in [0.29, 0.717) is 18.3 Å². The lowest BCUT2D eigenvalue weighted by molar-refractivity contribution is -0.129. The van der Waals surface area contributed by atoms with Crippen LogP contribution < -0.4 is 0 Å². The van der Waals surface area contributed by atoms with E-state index in [-0.39, 0.29) is 11.7 Å². The molecule has 4 heteroatoms. The van der Waals surface area contributed by atoms with E-state index in [0.717, 1.165) is 5.56 Å². The summed E-state index contributed by atoms with van der Waals surface area (Å²) < 4.78 is 12.6. The van der Waals surface area contributed by atoms with Crippen LogP contribution in [0.15, 0.2) is 24.3 Å². The van der Waals surface area contributed by atoms with Crippen LogP contribution in [0.1, 0.15) is 12.0 Å². The van der Waals surface area contributed by atoms with Gasteiger partial charge in [-0.05, 0) is 17.7 Å². The Balaban J connectivity index is 2.54. The van der Waals surface area contributed by atoms with Crippen LogP contribution in [-0.2, 0) is 11.3 Å². The Hall–Kier alpha value is -0.900. The zero-order valence-corrected chi connectivity index (χ0v) is 10.1. The molecule has 1 amide bonds. The van der Waals surface area contributed by atoms with E-state index in [4.69, 9.17) is 0 Å². The van der Waals surface area contributed by atoms with Crippen LogP contribution in [0.2, 0.25) is 0 Å². The fourth-order valence-electron chi connectivity index (χ4n) is 1.22. The maximum absolute atomic E-state index is 12.6. The third kappa shape index (κ3) is 4.00. The van der Waals surface area contributed by atoms with Crippen LogP contribution >= 0.6 is 15.9 Å². The minimum Gasteiger partial charge on any atom is -0.341 e. The van der Waals surface area contributed by atoms with Crippen molar-refractivity contribution in [2.24, 2.45) is 0 Å². The van der Waals surface area contributed by atoms with Crippen molar-refractivity contribution in [1.82, 2.24) is 4.90 Å². The molecule has 0 radical (unpaired) electrons. The molecule has 0 aliphatic carbocycles. The molecule has 0 spiro atoms. The van der Waals surface area contributed by atoms with Crippen LogP contribution in [0.25, 0.3) is 0 Å². The minimum atomic E-state index is -0.256. The molecule has 1 rings (SSSR count). The number of carbonyl (C=O) groups excluding carboxylic acids is 1. The number of nitrogens with zero attached hydrogens (tertiary/aromatic N) is 1. The van der Waals surface area contributed by atoms with Crippen molar-refractivity contribution in [1.29, 1.82) is 0 Å². The summed E-state index contributed by atoms with van der Waals surface area (Å²) in [5.74, 6) is -0.176. The average molecular weight is 274 g/mol. The van der Waals surface area contributed by atoms with Gasteiger partial charge in [0.1, 0.15) is 5.82 Å². The number of rotatable bonds is 4. The smallest absolute Gasteiger partial charge is 0.223 e. The summed E-state index contributed by atoms with van der Waals surface area (Å²) >= 11 is 3.22. The van der Waals surface area contributed by atoms with Gasteiger partial charge < -0.3 is 4.90 Å². The molecular weight excluding hydrogens is 261 g/mol. The Bertz CT molecular complexity index is 326. The molecule has 1 aromatic carbocycles. The second-order valence-electron chi connectivity index (χ2n) is 3.32. The average Bonchev–Trinajstić information content (AvgIpc) is 2.22. The van der Waals surface area contributed by atoms with Gasteiger partial charge in [-0.25, -0.2) is 4.39 Å². The van der Waals surface area contributed by atoms with Gasteiger partial charge in [-0.3, -0.25) is 4.79 Å². The quantitative estimate of drug-likeness (QED) is 0.773. The number of benzene rings is 1. The van der Waals surface area contributed by atoms with Crippen molar-refractivity contribution < 1.29 is 9.18 Å². The standard InChI is InChI=1S/C11H13BrFNO/c1-14(11(15)6-7-12)8-9-2-4-10(13)5-3-9/h2-5H,6-8H2,1H3. The third-order valence-electron chi connectivity index (χ3n) is 2.07.